The number of benzene rings is 1. The van der Waals surface area contributed by atoms with Crippen LogP contribution in [0.15, 0.2) is 30.3 Å². The van der Waals surface area contributed by atoms with Gasteiger partial charge in [-0.05, 0) is 43.2 Å². The number of nitrogens with zero attached hydrogens (tertiary/aromatic N) is 3. The molecular weight excluding hydrogens is 326 g/mol. The maximum atomic E-state index is 13.7. The van der Waals surface area contributed by atoms with Crippen molar-refractivity contribution in [1.29, 1.82) is 0 Å². The molecule has 2 aliphatic heterocycles. The second-order valence-corrected chi connectivity index (χ2v) is 7.74. The number of carbonyl (C=O) groups excluding carboxylic acids is 1. The second kappa shape index (κ2) is 6.23. The average molecular weight is 351 g/mol. The van der Waals surface area contributed by atoms with E-state index in [0.29, 0.717) is 19.8 Å². The third-order valence-electron chi connectivity index (χ3n) is 6.38. The fourth-order valence-electron chi connectivity index (χ4n) is 4.93. The molecule has 5 heteroatoms. The minimum absolute atomic E-state index is 0.270. The molecule has 0 saturated carbocycles. The Kier molecular flexibility index (Phi) is 3.85. The Bertz CT molecular complexity index is 821. The molecular formula is C21H25N3O2. The summed E-state index contributed by atoms with van der Waals surface area (Å²) in [5.74, 6) is 0.270. The van der Waals surface area contributed by atoms with E-state index < -0.39 is 5.41 Å². The van der Waals surface area contributed by atoms with Crippen LogP contribution in [0.3, 0.4) is 0 Å². The van der Waals surface area contributed by atoms with Crippen LogP contribution in [0.2, 0.25) is 0 Å². The van der Waals surface area contributed by atoms with Crippen molar-refractivity contribution < 1.29 is 9.53 Å². The number of aryl methyl sites for hydroxylation is 1. The van der Waals surface area contributed by atoms with Crippen molar-refractivity contribution in [1.82, 2.24) is 14.7 Å². The maximum Gasteiger partial charge on any atom is 0.233 e. The lowest BCUT2D eigenvalue weighted by molar-refractivity contribution is -0.143. The molecule has 0 spiro atoms. The summed E-state index contributed by atoms with van der Waals surface area (Å²) in [5, 5.41) is 4.77. The van der Waals surface area contributed by atoms with E-state index in [4.69, 9.17) is 9.84 Å². The summed E-state index contributed by atoms with van der Waals surface area (Å²) >= 11 is 0. The van der Waals surface area contributed by atoms with E-state index >= 15 is 0 Å². The molecule has 26 heavy (non-hydrogen) atoms. The number of carbonyl (C=O) groups is 1. The molecule has 0 unspecified atom stereocenters. The zero-order chi connectivity index (χ0) is 17.6. The van der Waals surface area contributed by atoms with Gasteiger partial charge in [0.05, 0.1) is 29.9 Å². The van der Waals surface area contributed by atoms with Crippen molar-refractivity contribution in [3.05, 3.63) is 52.8 Å². The maximum absolute atomic E-state index is 13.7. The smallest absolute Gasteiger partial charge is 0.233 e. The molecule has 0 atom stereocenters. The van der Waals surface area contributed by atoms with Gasteiger partial charge in [-0.3, -0.25) is 9.48 Å². The molecule has 1 aromatic heterocycles. The van der Waals surface area contributed by atoms with E-state index in [1.807, 2.05) is 18.2 Å². The summed E-state index contributed by atoms with van der Waals surface area (Å²) in [6.07, 6.45) is 4.94. The lowest BCUT2D eigenvalue weighted by Gasteiger charge is -2.41. The quantitative estimate of drug-likeness (QED) is 0.835. The molecule has 1 aliphatic carbocycles. The largest absolute Gasteiger partial charge is 0.381 e. The van der Waals surface area contributed by atoms with Crippen LogP contribution in [-0.2, 0) is 40.9 Å². The highest BCUT2D eigenvalue weighted by molar-refractivity contribution is 5.88. The zero-order valence-electron chi connectivity index (χ0n) is 15.1. The Labute approximate surface area is 153 Å². The molecule has 2 aromatic rings. The van der Waals surface area contributed by atoms with Crippen LogP contribution in [0.5, 0.6) is 0 Å². The van der Waals surface area contributed by atoms with Gasteiger partial charge in [0.25, 0.3) is 0 Å². The fourth-order valence-corrected chi connectivity index (χ4v) is 4.93. The van der Waals surface area contributed by atoms with Gasteiger partial charge in [0.15, 0.2) is 0 Å². The highest BCUT2D eigenvalue weighted by atomic mass is 16.5. The number of fused-ring (bicyclic) bond motifs is 3. The van der Waals surface area contributed by atoms with Crippen molar-refractivity contribution in [2.24, 2.45) is 0 Å². The number of hydrogen-bond acceptors (Lipinski definition) is 3. The van der Waals surface area contributed by atoms with Gasteiger partial charge in [-0.2, -0.15) is 5.10 Å². The molecule has 3 aliphatic rings. The highest BCUT2D eigenvalue weighted by Crippen LogP contribution is 2.38. The van der Waals surface area contributed by atoms with Crippen LogP contribution in [0, 0.1) is 0 Å². The lowest BCUT2D eigenvalue weighted by Crippen LogP contribution is -2.51. The predicted molar refractivity (Wildman–Crippen MR) is 97.8 cm³/mol. The summed E-state index contributed by atoms with van der Waals surface area (Å²) < 4.78 is 7.75. The molecule has 5 rings (SSSR count). The molecule has 5 nitrogen and oxygen atoms in total. The lowest BCUT2D eigenvalue weighted by atomic mass is 9.73. The second-order valence-electron chi connectivity index (χ2n) is 7.74. The normalized spacial score (nSPS) is 21.3. The third-order valence-corrected chi connectivity index (χ3v) is 6.38. The number of hydrogen-bond donors (Lipinski definition) is 0. The molecule has 1 fully saturated rings. The first-order chi connectivity index (χ1) is 12.8. The Morgan fingerprint density at radius 1 is 1.08 bits per heavy atom. The summed E-state index contributed by atoms with van der Waals surface area (Å²) in [5.41, 5.74) is 4.64. The summed E-state index contributed by atoms with van der Waals surface area (Å²) in [4.78, 5) is 15.8. The first-order valence-electron chi connectivity index (χ1n) is 9.78. The Balaban J connectivity index is 1.47. The molecule has 1 amide bonds. The van der Waals surface area contributed by atoms with Gasteiger partial charge in [0.1, 0.15) is 0 Å². The number of rotatable bonds is 2. The first-order valence-corrected chi connectivity index (χ1v) is 9.78. The van der Waals surface area contributed by atoms with Gasteiger partial charge in [0.2, 0.25) is 5.91 Å². The topological polar surface area (TPSA) is 47.4 Å². The van der Waals surface area contributed by atoms with E-state index in [2.05, 4.69) is 21.7 Å². The monoisotopic (exact) mass is 351 g/mol. The zero-order valence-corrected chi connectivity index (χ0v) is 15.1. The van der Waals surface area contributed by atoms with Crippen LogP contribution < -0.4 is 0 Å². The van der Waals surface area contributed by atoms with E-state index in [1.54, 1.807) is 0 Å². The van der Waals surface area contributed by atoms with Crippen molar-refractivity contribution in [3.8, 4) is 0 Å². The van der Waals surface area contributed by atoms with Crippen molar-refractivity contribution in [2.45, 2.75) is 50.6 Å². The molecule has 1 aromatic carbocycles. The predicted octanol–water partition coefficient (Wildman–Crippen LogP) is 2.46. The van der Waals surface area contributed by atoms with Crippen LogP contribution in [0.4, 0.5) is 0 Å². The van der Waals surface area contributed by atoms with Gasteiger partial charge in [0, 0.05) is 19.8 Å². The number of amides is 1. The van der Waals surface area contributed by atoms with Gasteiger partial charge < -0.3 is 9.64 Å². The van der Waals surface area contributed by atoms with Gasteiger partial charge in [-0.1, -0.05) is 30.3 Å². The van der Waals surface area contributed by atoms with Gasteiger partial charge >= 0.3 is 0 Å². The molecule has 136 valence electrons. The molecule has 1 saturated heterocycles. The molecule has 3 heterocycles. The Morgan fingerprint density at radius 3 is 2.69 bits per heavy atom. The minimum atomic E-state index is -0.440. The molecule has 0 N–H and O–H groups in total. The molecule has 0 bridgehead atoms. The molecule has 0 radical (unpaired) electrons. The van der Waals surface area contributed by atoms with Crippen molar-refractivity contribution >= 4 is 5.91 Å². The third kappa shape index (κ3) is 2.41. The Hall–Kier alpha value is -2.14. The van der Waals surface area contributed by atoms with E-state index in [-0.39, 0.29) is 5.91 Å². The summed E-state index contributed by atoms with van der Waals surface area (Å²) in [6, 6.07) is 10.3. The number of ether oxygens (including phenoxy) is 1. The summed E-state index contributed by atoms with van der Waals surface area (Å²) in [6.45, 7) is 3.58. The fraction of sp³-hybridized carbons (Fsp3) is 0.524. The average Bonchev–Trinajstić information content (AvgIpc) is 3.29. The highest BCUT2D eigenvalue weighted by Gasteiger charge is 2.45. The SMILES string of the molecule is O=C(N1CCn2nc3c(c2C1)CCC3)C1(c2ccccc2)CCOCC1. The van der Waals surface area contributed by atoms with Crippen LogP contribution >= 0.6 is 0 Å². The van der Waals surface area contributed by atoms with Crippen LogP contribution in [-0.4, -0.2) is 40.3 Å². The number of aromatic nitrogens is 2. The first kappa shape index (κ1) is 16.1. The van der Waals surface area contributed by atoms with Crippen LogP contribution in [0.25, 0.3) is 0 Å². The van der Waals surface area contributed by atoms with E-state index in [1.165, 1.54) is 23.4 Å². The van der Waals surface area contributed by atoms with E-state index in [9.17, 15) is 4.79 Å². The van der Waals surface area contributed by atoms with E-state index in [0.717, 1.165) is 44.3 Å². The van der Waals surface area contributed by atoms with Crippen molar-refractivity contribution in [2.75, 3.05) is 19.8 Å². The minimum Gasteiger partial charge on any atom is -0.381 e. The van der Waals surface area contributed by atoms with Gasteiger partial charge in [-0.15, -0.1) is 0 Å². The summed E-state index contributed by atoms with van der Waals surface area (Å²) in [7, 11) is 0. The van der Waals surface area contributed by atoms with Crippen LogP contribution in [0.1, 0.15) is 41.8 Å². The van der Waals surface area contributed by atoms with Gasteiger partial charge in [-0.25, -0.2) is 0 Å². The standard InChI is InChI=1S/C21H25N3O2/c25-20(21(9-13-26-14-10-21)16-5-2-1-3-6-16)23-11-12-24-19(15-23)17-7-4-8-18(17)22-24/h1-3,5-6H,4,7-15H2. The van der Waals surface area contributed by atoms with Crippen molar-refractivity contribution in [3.63, 3.8) is 0 Å². The Morgan fingerprint density at radius 2 is 1.88 bits per heavy atom.